The van der Waals surface area contributed by atoms with Crippen LogP contribution in [0.4, 0.5) is 11.6 Å². The Hall–Kier alpha value is -1.36. The maximum absolute atomic E-state index is 9.28. The largest absolute Gasteiger partial charge is 0.392 e. The third kappa shape index (κ3) is 3.36. The second kappa shape index (κ2) is 4.93. The van der Waals surface area contributed by atoms with Crippen molar-refractivity contribution in [3.05, 3.63) is 11.9 Å². The molecule has 0 aliphatic rings. The summed E-state index contributed by atoms with van der Waals surface area (Å²) in [5.41, 5.74) is 0. The second-order valence-corrected chi connectivity index (χ2v) is 3.64. The van der Waals surface area contributed by atoms with Gasteiger partial charge in [-0.1, -0.05) is 0 Å². The lowest BCUT2D eigenvalue weighted by Crippen LogP contribution is -2.27. The van der Waals surface area contributed by atoms with Crippen LogP contribution in [0.3, 0.4) is 0 Å². The number of nitrogens with one attached hydrogen (secondary N) is 1. The van der Waals surface area contributed by atoms with Crippen molar-refractivity contribution >= 4 is 11.6 Å². The van der Waals surface area contributed by atoms with Crippen LogP contribution in [-0.2, 0) is 0 Å². The summed E-state index contributed by atoms with van der Waals surface area (Å²) in [4.78, 5) is 10.4. The molecule has 1 aromatic rings. The molecule has 2 N–H and O–H groups in total. The number of aromatic nitrogens is 2. The van der Waals surface area contributed by atoms with Crippen molar-refractivity contribution < 1.29 is 5.11 Å². The summed E-state index contributed by atoms with van der Waals surface area (Å²) < 4.78 is 0. The van der Waals surface area contributed by atoms with Crippen LogP contribution in [0.1, 0.15) is 12.7 Å². The Morgan fingerprint density at radius 3 is 2.73 bits per heavy atom. The van der Waals surface area contributed by atoms with Crippen molar-refractivity contribution in [3.63, 3.8) is 0 Å². The van der Waals surface area contributed by atoms with Gasteiger partial charge < -0.3 is 15.3 Å². The number of rotatable bonds is 4. The topological polar surface area (TPSA) is 61.3 Å². The lowest BCUT2D eigenvalue weighted by molar-refractivity contribution is 0.201. The summed E-state index contributed by atoms with van der Waals surface area (Å²) in [6.07, 6.45) is -0.372. The van der Waals surface area contributed by atoms with Gasteiger partial charge in [0.15, 0.2) is 0 Å². The third-order valence-corrected chi connectivity index (χ3v) is 2.01. The monoisotopic (exact) mass is 210 g/mol. The van der Waals surface area contributed by atoms with E-state index in [1.165, 1.54) is 0 Å². The Morgan fingerprint density at radius 1 is 1.53 bits per heavy atom. The van der Waals surface area contributed by atoms with Crippen LogP contribution >= 0.6 is 0 Å². The average Bonchev–Trinajstić information content (AvgIpc) is 2.15. The molecule has 1 rings (SSSR count). The lowest BCUT2D eigenvalue weighted by Gasteiger charge is -2.20. The molecule has 1 unspecified atom stereocenters. The molecule has 1 atom stereocenters. The van der Waals surface area contributed by atoms with E-state index in [1.54, 1.807) is 6.92 Å². The van der Waals surface area contributed by atoms with Crippen molar-refractivity contribution in [3.8, 4) is 0 Å². The Kier molecular flexibility index (Phi) is 3.85. The Morgan fingerprint density at radius 2 is 2.20 bits per heavy atom. The predicted octanol–water partition coefficient (Wildman–Crippen LogP) is 0.644. The molecule has 84 valence electrons. The maximum atomic E-state index is 9.28. The molecule has 0 aromatic carbocycles. The highest BCUT2D eigenvalue weighted by molar-refractivity contribution is 5.48. The first-order valence-corrected chi connectivity index (χ1v) is 4.95. The van der Waals surface area contributed by atoms with Crippen LogP contribution in [0.25, 0.3) is 0 Å². The first-order valence-electron chi connectivity index (χ1n) is 4.95. The van der Waals surface area contributed by atoms with Crippen LogP contribution in [0, 0.1) is 6.92 Å². The number of aryl methyl sites for hydroxylation is 1. The molecule has 0 amide bonds. The van der Waals surface area contributed by atoms with E-state index in [9.17, 15) is 5.11 Å². The lowest BCUT2D eigenvalue weighted by atomic mass is 10.3. The van der Waals surface area contributed by atoms with Gasteiger partial charge in [-0.25, -0.2) is 9.97 Å². The molecule has 0 spiro atoms. The zero-order valence-electron chi connectivity index (χ0n) is 9.65. The summed E-state index contributed by atoms with van der Waals surface area (Å²) >= 11 is 0. The fraction of sp³-hybridized carbons (Fsp3) is 0.600. The van der Waals surface area contributed by atoms with Gasteiger partial charge in [-0.2, -0.15) is 0 Å². The summed E-state index contributed by atoms with van der Waals surface area (Å²) in [5.74, 6) is 2.32. The van der Waals surface area contributed by atoms with Gasteiger partial charge in [0.05, 0.1) is 6.10 Å². The molecule has 0 aliphatic carbocycles. The van der Waals surface area contributed by atoms with E-state index in [1.807, 2.05) is 32.0 Å². The van der Waals surface area contributed by atoms with E-state index in [0.29, 0.717) is 12.4 Å². The molecule has 0 aliphatic heterocycles. The minimum Gasteiger partial charge on any atom is -0.392 e. The Labute approximate surface area is 90.2 Å². The summed E-state index contributed by atoms with van der Waals surface area (Å²) in [7, 11) is 3.72. The number of anilines is 2. The fourth-order valence-electron chi connectivity index (χ4n) is 1.37. The van der Waals surface area contributed by atoms with E-state index in [2.05, 4.69) is 15.3 Å². The van der Waals surface area contributed by atoms with Crippen LogP contribution in [0.2, 0.25) is 0 Å². The highest BCUT2D eigenvalue weighted by Gasteiger charge is 2.07. The molecule has 1 heterocycles. The Balaban J connectivity index is 2.88. The smallest absolute Gasteiger partial charge is 0.134 e. The van der Waals surface area contributed by atoms with E-state index in [0.717, 1.165) is 11.6 Å². The highest BCUT2D eigenvalue weighted by atomic mass is 16.3. The minimum absolute atomic E-state index is 0.372. The normalized spacial score (nSPS) is 12.3. The number of hydrogen-bond donors (Lipinski definition) is 2. The van der Waals surface area contributed by atoms with E-state index in [4.69, 9.17) is 0 Å². The first-order chi connectivity index (χ1) is 7.02. The zero-order chi connectivity index (χ0) is 11.4. The van der Waals surface area contributed by atoms with Gasteiger partial charge in [-0.15, -0.1) is 0 Å². The number of hydrogen-bond acceptors (Lipinski definition) is 5. The van der Waals surface area contributed by atoms with Crippen LogP contribution in [0.5, 0.6) is 0 Å². The number of nitrogens with zero attached hydrogens (tertiary/aromatic N) is 3. The van der Waals surface area contributed by atoms with Crippen molar-refractivity contribution in [2.75, 3.05) is 30.9 Å². The molecule has 0 radical (unpaired) electrons. The zero-order valence-corrected chi connectivity index (χ0v) is 9.65. The van der Waals surface area contributed by atoms with Gasteiger partial charge >= 0.3 is 0 Å². The quantitative estimate of drug-likeness (QED) is 0.764. The summed E-state index contributed by atoms with van der Waals surface area (Å²) in [6, 6.07) is 1.86. The second-order valence-electron chi connectivity index (χ2n) is 3.64. The van der Waals surface area contributed by atoms with Crippen molar-refractivity contribution in [2.24, 2.45) is 0 Å². The van der Waals surface area contributed by atoms with Crippen LogP contribution in [0.15, 0.2) is 6.07 Å². The molecule has 1 aromatic heterocycles. The maximum Gasteiger partial charge on any atom is 0.134 e. The minimum atomic E-state index is -0.372. The van der Waals surface area contributed by atoms with Crippen molar-refractivity contribution in [1.29, 1.82) is 0 Å². The van der Waals surface area contributed by atoms with Gasteiger partial charge in [0, 0.05) is 26.7 Å². The van der Waals surface area contributed by atoms with Crippen molar-refractivity contribution in [1.82, 2.24) is 9.97 Å². The summed E-state index contributed by atoms with van der Waals surface area (Å²) in [5, 5.41) is 12.3. The predicted molar refractivity (Wildman–Crippen MR) is 61.3 cm³/mol. The molecule has 15 heavy (non-hydrogen) atoms. The molecular weight excluding hydrogens is 192 g/mol. The van der Waals surface area contributed by atoms with E-state index >= 15 is 0 Å². The summed E-state index contributed by atoms with van der Waals surface area (Å²) in [6.45, 7) is 4.16. The molecule has 5 nitrogen and oxygen atoms in total. The van der Waals surface area contributed by atoms with E-state index in [-0.39, 0.29) is 6.10 Å². The number of aliphatic hydroxyl groups excluding tert-OH is 1. The molecule has 0 bridgehead atoms. The first kappa shape index (κ1) is 11.7. The number of likely N-dealkylation sites (N-methyl/N-ethyl adjacent to an activating group) is 1. The van der Waals surface area contributed by atoms with Gasteiger partial charge in [-0.05, 0) is 13.8 Å². The highest BCUT2D eigenvalue weighted by Crippen LogP contribution is 2.14. The Bertz CT molecular complexity index is 327. The third-order valence-electron chi connectivity index (χ3n) is 2.01. The molecule has 0 saturated carbocycles. The molecule has 0 fully saturated rings. The SMILES string of the molecule is CNc1cc(N(C)CC(C)O)nc(C)n1. The standard InChI is InChI=1S/C10H18N4O/c1-7(15)6-14(4)10-5-9(11-3)12-8(2)13-10/h5,7,15H,6H2,1-4H3,(H,11,12,13). The van der Waals surface area contributed by atoms with Crippen LogP contribution in [-0.4, -0.2) is 41.8 Å². The average molecular weight is 210 g/mol. The van der Waals surface area contributed by atoms with Crippen LogP contribution < -0.4 is 10.2 Å². The molecule has 0 saturated heterocycles. The molecule has 5 heteroatoms. The number of aliphatic hydroxyl groups is 1. The molecular formula is C10H18N4O. The van der Waals surface area contributed by atoms with E-state index < -0.39 is 0 Å². The van der Waals surface area contributed by atoms with Gasteiger partial charge in [0.25, 0.3) is 0 Å². The van der Waals surface area contributed by atoms with Gasteiger partial charge in [0.1, 0.15) is 17.5 Å². The van der Waals surface area contributed by atoms with Gasteiger partial charge in [0.2, 0.25) is 0 Å². The fourth-order valence-corrected chi connectivity index (χ4v) is 1.37. The van der Waals surface area contributed by atoms with Crippen molar-refractivity contribution in [2.45, 2.75) is 20.0 Å². The van der Waals surface area contributed by atoms with Gasteiger partial charge in [-0.3, -0.25) is 0 Å².